The molecule has 0 bridgehead atoms. The third kappa shape index (κ3) is 3.52. The summed E-state index contributed by atoms with van der Waals surface area (Å²) in [7, 11) is 1.57. The van der Waals surface area contributed by atoms with E-state index in [9.17, 15) is 4.79 Å². The van der Waals surface area contributed by atoms with Crippen molar-refractivity contribution in [3.8, 4) is 23.0 Å². The molecule has 0 amide bonds. The SMILES string of the molecule is COc1cc(/C=c2/sc3nc4ccccc4n3c2=O)ccc1OCc1cc2c(cc1Cl)OCO2. The Morgan fingerprint density at radius 2 is 1.94 bits per heavy atom. The molecule has 1 aliphatic heterocycles. The number of aromatic nitrogens is 2. The molecule has 0 atom stereocenters. The maximum Gasteiger partial charge on any atom is 0.274 e. The van der Waals surface area contributed by atoms with Gasteiger partial charge in [-0.05, 0) is 42.0 Å². The number of hydrogen-bond acceptors (Lipinski definition) is 7. The summed E-state index contributed by atoms with van der Waals surface area (Å²) in [4.78, 5) is 18.2. The van der Waals surface area contributed by atoms with E-state index in [1.165, 1.54) is 11.3 Å². The van der Waals surface area contributed by atoms with Crippen molar-refractivity contribution in [3.63, 3.8) is 0 Å². The quantitative estimate of drug-likeness (QED) is 0.361. The predicted octanol–water partition coefficient (Wildman–Crippen LogP) is 4.43. The molecule has 0 unspecified atom stereocenters. The van der Waals surface area contributed by atoms with E-state index >= 15 is 0 Å². The van der Waals surface area contributed by atoms with E-state index in [1.54, 1.807) is 17.6 Å². The van der Waals surface area contributed by atoms with Crippen LogP contribution in [0.4, 0.5) is 0 Å². The van der Waals surface area contributed by atoms with Crippen molar-refractivity contribution in [1.29, 1.82) is 0 Å². The van der Waals surface area contributed by atoms with Gasteiger partial charge in [0, 0.05) is 11.6 Å². The Hall–Kier alpha value is -3.75. The first-order chi connectivity index (χ1) is 16.6. The van der Waals surface area contributed by atoms with Gasteiger partial charge in [-0.2, -0.15) is 0 Å². The molecule has 1 aliphatic rings. The lowest BCUT2D eigenvalue weighted by Crippen LogP contribution is -2.22. The molecule has 5 aromatic rings. The van der Waals surface area contributed by atoms with Crippen molar-refractivity contribution in [1.82, 2.24) is 9.38 Å². The highest BCUT2D eigenvalue weighted by Crippen LogP contribution is 2.37. The Labute approximate surface area is 202 Å². The second-order valence-electron chi connectivity index (χ2n) is 7.63. The van der Waals surface area contributed by atoms with Gasteiger partial charge in [0.25, 0.3) is 5.56 Å². The Bertz CT molecular complexity index is 1680. The summed E-state index contributed by atoms with van der Waals surface area (Å²) in [5.74, 6) is 2.37. The minimum atomic E-state index is -0.0922. The lowest BCUT2D eigenvalue weighted by atomic mass is 10.2. The molecule has 3 heterocycles. The zero-order valence-corrected chi connectivity index (χ0v) is 19.5. The second kappa shape index (κ2) is 8.23. The molecule has 9 heteroatoms. The summed E-state index contributed by atoms with van der Waals surface area (Å²) in [6.07, 6.45) is 1.83. The van der Waals surface area contributed by atoms with Gasteiger partial charge < -0.3 is 18.9 Å². The molecule has 0 saturated heterocycles. The highest BCUT2D eigenvalue weighted by Gasteiger charge is 2.17. The lowest BCUT2D eigenvalue weighted by molar-refractivity contribution is 0.174. The van der Waals surface area contributed by atoms with Gasteiger partial charge >= 0.3 is 0 Å². The molecule has 0 N–H and O–H groups in total. The van der Waals surface area contributed by atoms with E-state index in [-0.39, 0.29) is 19.0 Å². The lowest BCUT2D eigenvalue weighted by Gasteiger charge is -2.12. The molecule has 0 spiro atoms. The number of rotatable bonds is 5. The average molecular weight is 493 g/mol. The van der Waals surface area contributed by atoms with E-state index in [4.69, 9.17) is 30.5 Å². The smallest absolute Gasteiger partial charge is 0.274 e. The first kappa shape index (κ1) is 20.8. The fraction of sp³-hybridized carbons (Fsp3) is 0.120. The van der Waals surface area contributed by atoms with Crippen molar-refractivity contribution >= 4 is 45.0 Å². The van der Waals surface area contributed by atoms with Crippen LogP contribution in [-0.2, 0) is 6.61 Å². The van der Waals surface area contributed by atoms with Crippen LogP contribution in [0.3, 0.4) is 0 Å². The molecular weight excluding hydrogens is 476 g/mol. The van der Waals surface area contributed by atoms with Gasteiger partial charge in [0.2, 0.25) is 6.79 Å². The van der Waals surface area contributed by atoms with Gasteiger partial charge in [-0.25, -0.2) is 9.38 Å². The minimum Gasteiger partial charge on any atom is -0.493 e. The van der Waals surface area contributed by atoms with Crippen molar-refractivity contribution in [2.75, 3.05) is 13.9 Å². The average Bonchev–Trinajstić information content (AvgIpc) is 3.52. The number of fused-ring (bicyclic) bond motifs is 4. The monoisotopic (exact) mass is 492 g/mol. The van der Waals surface area contributed by atoms with Crippen LogP contribution >= 0.6 is 22.9 Å². The summed E-state index contributed by atoms with van der Waals surface area (Å²) in [5, 5.41) is 0.534. The first-order valence-electron chi connectivity index (χ1n) is 10.4. The first-order valence-corrected chi connectivity index (χ1v) is 11.6. The third-order valence-electron chi connectivity index (χ3n) is 5.56. The number of hydrogen-bond donors (Lipinski definition) is 0. The number of thiazole rings is 1. The maximum absolute atomic E-state index is 13.0. The molecule has 0 fully saturated rings. The fourth-order valence-corrected chi connectivity index (χ4v) is 5.08. The summed E-state index contributed by atoms with van der Waals surface area (Å²) in [6, 6.07) is 16.7. The van der Waals surface area contributed by atoms with E-state index in [0.717, 1.165) is 22.2 Å². The standard InChI is InChI=1S/C25H17ClN2O5S/c1-30-20-8-14(9-23-24(29)28-18-5-3-2-4-17(18)27-25(28)34-23)6-7-19(20)31-12-15-10-21-22(11-16(15)26)33-13-32-21/h2-11H,12-13H2,1H3/b23-9+. The highest BCUT2D eigenvalue weighted by atomic mass is 35.5. The van der Waals surface area contributed by atoms with E-state index in [1.807, 2.05) is 54.6 Å². The number of halogens is 1. The van der Waals surface area contributed by atoms with Crippen molar-refractivity contribution in [3.05, 3.63) is 85.6 Å². The maximum atomic E-state index is 13.0. The van der Waals surface area contributed by atoms with Crippen LogP contribution in [0, 0.1) is 0 Å². The number of nitrogens with zero attached hydrogens (tertiary/aromatic N) is 2. The Kier molecular flexibility index (Phi) is 5.04. The zero-order chi connectivity index (χ0) is 23.2. The van der Waals surface area contributed by atoms with Gasteiger partial charge in [-0.1, -0.05) is 41.1 Å². The largest absolute Gasteiger partial charge is 0.493 e. The topological polar surface area (TPSA) is 71.3 Å². The number of methoxy groups -OCH3 is 1. The molecule has 6 rings (SSSR count). The van der Waals surface area contributed by atoms with Crippen LogP contribution in [0.2, 0.25) is 5.02 Å². The second-order valence-corrected chi connectivity index (χ2v) is 9.05. The Morgan fingerprint density at radius 3 is 2.79 bits per heavy atom. The molecule has 0 saturated carbocycles. The normalized spacial score (nSPS) is 13.2. The fourth-order valence-electron chi connectivity index (χ4n) is 3.88. The number of imidazole rings is 1. The van der Waals surface area contributed by atoms with Crippen molar-refractivity contribution in [2.24, 2.45) is 0 Å². The molecule has 2 aromatic heterocycles. The van der Waals surface area contributed by atoms with Crippen molar-refractivity contribution < 1.29 is 18.9 Å². The molecule has 7 nitrogen and oxygen atoms in total. The summed E-state index contributed by atoms with van der Waals surface area (Å²) in [5.41, 5.74) is 3.11. The van der Waals surface area contributed by atoms with Crippen LogP contribution in [0.15, 0.2) is 59.4 Å². The van der Waals surface area contributed by atoms with Gasteiger partial charge in [-0.15, -0.1) is 0 Å². The van der Waals surface area contributed by atoms with E-state index < -0.39 is 0 Å². The van der Waals surface area contributed by atoms with Gasteiger partial charge in [0.05, 0.1) is 27.7 Å². The summed E-state index contributed by atoms with van der Waals surface area (Å²) < 4.78 is 24.5. The zero-order valence-electron chi connectivity index (χ0n) is 17.9. The summed E-state index contributed by atoms with van der Waals surface area (Å²) in [6.45, 7) is 0.411. The van der Waals surface area contributed by atoms with Crippen LogP contribution in [0.5, 0.6) is 23.0 Å². The van der Waals surface area contributed by atoms with Crippen LogP contribution < -0.4 is 29.0 Å². The van der Waals surface area contributed by atoms with Crippen molar-refractivity contribution in [2.45, 2.75) is 6.61 Å². The Morgan fingerprint density at radius 1 is 1.12 bits per heavy atom. The van der Waals surface area contributed by atoms with Gasteiger partial charge in [-0.3, -0.25) is 4.79 Å². The van der Waals surface area contributed by atoms with Gasteiger partial charge in [0.1, 0.15) is 6.61 Å². The summed E-state index contributed by atoms with van der Waals surface area (Å²) >= 11 is 7.71. The third-order valence-corrected chi connectivity index (χ3v) is 6.88. The predicted molar refractivity (Wildman–Crippen MR) is 131 cm³/mol. The minimum absolute atomic E-state index is 0.0922. The molecule has 0 radical (unpaired) electrons. The molecule has 170 valence electrons. The number of ether oxygens (including phenoxy) is 4. The molecule has 34 heavy (non-hydrogen) atoms. The van der Waals surface area contributed by atoms with E-state index in [0.29, 0.717) is 37.5 Å². The Balaban J connectivity index is 1.30. The van der Waals surface area contributed by atoms with Gasteiger partial charge in [0.15, 0.2) is 28.0 Å². The van der Waals surface area contributed by atoms with Crippen LogP contribution in [-0.4, -0.2) is 23.3 Å². The van der Waals surface area contributed by atoms with E-state index in [2.05, 4.69) is 4.98 Å². The molecular formula is C25H17ClN2O5S. The molecule has 0 aliphatic carbocycles. The number of para-hydroxylation sites is 2. The van der Waals surface area contributed by atoms with Crippen LogP contribution in [0.25, 0.3) is 22.1 Å². The van der Waals surface area contributed by atoms with Crippen LogP contribution in [0.1, 0.15) is 11.1 Å². The number of benzene rings is 3. The highest BCUT2D eigenvalue weighted by molar-refractivity contribution is 7.15. The molecule has 3 aromatic carbocycles.